The first-order valence-electron chi connectivity index (χ1n) is 5.82. The zero-order chi connectivity index (χ0) is 15.5. The number of aromatic nitrogens is 1. The van der Waals surface area contributed by atoms with E-state index in [1.165, 1.54) is 24.3 Å². The van der Waals surface area contributed by atoms with Crippen molar-refractivity contribution in [2.45, 2.75) is 11.6 Å². The average molecular weight is 310 g/mol. The zero-order valence-corrected chi connectivity index (χ0v) is 11.5. The second-order valence-electron chi connectivity index (χ2n) is 4.14. The molecule has 6 nitrogen and oxygen atoms in total. The van der Waals surface area contributed by atoms with Crippen LogP contribution in [-0.4, -0.2) is 24.5 Å². The minimum Gasteiger partial charge on any atom is -0.478 e. The topological polar surface area (TPSA) is 96.4 Å². The van der Waals surface area contributed by atoms with E-state index in [2.05, 4.69) is 9.71 Å². The van der Waals surface area contributed by atoms with Crippen LogP contribution >= 0.6 is 0 Å². The lowest BCUT2D eigenvalue weighted by atomic mass is 10.2. The van der Waals surface area contributed by atoms with Crippen LogP contribution in [0.15, 0.2) is 47.6 Å². The molecule has 0 saturated carbocycles. The van der Waals surface area contributed by atoms with E-state index in [0.29, 0.717) is 5.56 Å². The van der Waals surface area contributed by atoms with E-state index in [0.717, 1.165) is 18.3 Å². The van der Waals surface area contributed by atoms with Crippen molar-refractivity contribution in [3.8, 4) is 0 Å². The monoisotopic (exact) mass is 310 g/mol. The first-order chi connectivity index (χ1) is 9.88. The van der Waals surface area contributed by atoms with Crippen LogP contribution < -0.4 is 4.72 Å². The highest BCUT2D eigenvalue weighted by atomic mass is 32.2. The molecular weight excluding hydrogens is 299 g/mol. The van der Waals surface area contributed by atoms with Gasteiger partial charge in [-0.15, -0.1) is 0 Å². The van der Waals surface area contributed by atoms with Crippen LogP contribution in [0.1, 0.15) is 15.9 Å². The number of carboxylic acids is 1. The Morgan fingerprint density at radius 3 is 2.38 bits per heavy atom. The summed E-state index contributed by atoms with van der Waals surface area (Å²) >= 11 is 0. The number of sulfonamides is 1. The Hall–Kier alpha value is -2.32. The summed E-state index contributed by atoms with van der Waals surface area (Å²) in [5.74, 6) is -1.60. The molecule has 0 bridgehead atoms. The summed E-state index contributed by atoms with van der Waals surface area (Å²) in [5.41, 5.74) is 0.481. The first kappa shape index (κ1) is 15.1. The second kappa shape index (κ2) is 5.98. The molecule has 1 aromatic heterocycles. The minimum atomic E-state index is -3.86. The van der Waals surface area contributed by atoms with Gasteiger partial charge in [-0.25, -0.2) is 27.3 Å². The van der Waals surface area contributed by atoms with Crippen LogP contribution in [-0.2, 0) is 16.6 Å². The average Bonchev–Trinajstić information content (AvgIpc) is 2.47. The molecule has 0 fully saturated rings. The summed E-state index contributed by atoms with van der Waals surface area (Å²) < 4.78 is 38.9. The van der Waals surface area contributed by atoms with Gasteiger partial charge in [0.1, 0.15) is 5.82 Å². The molecule has 0 amide bonds. The van der Waals surface area contributed by atoms with Gasteiger partial charge in [0.05, 0.1) is 5.56 Å². The maximum Gasteiger partial charge on any atom is 0.337 e. The van der Waals surface area contributed by atoms with Gasteiger partial charge in [0.15, 0.2) is 5.03 Å². The SMILES string of the molecule is O=C(O)c1ccc(S(=O)(=O)NCc2ccc(F)cc2)nc1. The van der Waals surface area contributed by atoms with E-state index >= 15 is 0 Å². The number of hydrogen-bond donors (Lipinski definition) is 2. The highest BCUT2D eigenvalue weighted by Crippen LogP contribution is 2.08. The molecule has 8 heteroatoms. The Morgan fingerprint density at radius 1 is 1.19 bits per heavy atom. The smallest absolute Gasteiger partial charge is 0.337 e. The standard InChI is InChI=1S/C13H11FN2O4S/c14-11-4-1-9(2-5-11)7-16-21(19,20)12-6-3-10(8-15-12)13(17)18/h1-6,8,16H,7H2,(H,17,18). The van der Waals surface area contributed by atoms with Gasteiger partial charge in [0.2, 0.25) is 0 Å². The maximum atomic E-state index is 12.7. The molecule has 0 aliphatic rings. The Labute approximate surface area is 120 Å². The third kappa shape index (κ3) is 3.83. The quantitative estimate of drug-likeness (QED) is 0.870. The number of aromatic carboxylic acids is 1. The fourth-order valence-corrected chi connectivity index (χ4v) is 2.46. The van der Waals surface area contributed by atoms with Crippen LogP contribution in [0.3, 0.4) is 0 Å². The molecule has 0 atom stereocenters. The van der Waals surface area contributed by atoms with E-state index in [9.17, 15) is 17.6 Å². The van der Waals surface area contributed by atoms with Gasteiger partial charge in [-0.1, -0.05) is 12.1 Å². The summed E-state index contributed by atoms with van der Waals surface area (Å²) in [5, 5.41) is 8.43. The van der Waals surface area contributed by atoms with Crippen molar-refractivity contribution in [1.82, 2.24) is 9.71 Å². The highest BCUT2D eigenvalue weighted by molar-refractivity contribution is 7.89. The molecule has 110 valence electrons. The lowest BCUT2D eigenvalue weighted by Gasteiger charge is -2.06. The molecule has 2 N–H and O–H groups in total. The highest BCUT2D eigenvalue weighted by Gasteiger charge is 2.16. The van der Waals surface area contributed by atoms with Gasteiger partial charge in [0, 0.05) is 12.7 Å². The molecule has 2 rings (SSSR count). The van der Waals surface area contributed by atoms with E-state index in [-0.39, 0.29) is 17.1 Å². The van der Waals surface area contributed by atoms with Crippen molar-refractivity contribution < 1.29 is 22.7 Å². The minimum absolute atomic E-state index is 0.0228. The zero-order valence-electron chi connectivity index (χ0n) is 10.7. The molecule has 21 heavy (non-hydrogen) atoms. The number of rotatable bonds is 5. The molecule has 0 aliphatic carbocycles. The molecule has 1 aromatic carbocycles. The third-order valence-corrected chi connectivity index (χ3v) is 3.95. The molecular formula is C13H11FN2O4S. The summed E-state index contributed by atoms with van der Waals surface area (Å²) in [6, 6.07) is 7.63. The van der Waals surface area contributed by atoms with Gasteiger partial charge in [-0.05, 0) is 29.8 Å². The van der Waals surface area contributed by atoms with Gasteiger partial charge < -0.3 is 5.11 Å². The van der Waals surface area contributed by atoms with Gasteiger partial charge >= 0.3 is 5.97 Å². The van der Waals surface area contributed by atoms with Crippen LogP contribution in [0.2, 0.25) is 0 Å². The van der Waals surface area contributed by atoms with Crippen molar-refractivity contribution in [2.75, 3.05) is 0 Å². The molecule has 0 unspecified atom stereocenters. The van der Waals surface area contributed by atoms with Crippen LogP contribution in [0.25, 0.3) is 0 Å². The molecule has 0 spiro atoms. The van der Waals surface area contributed by atoms with E-state index in [4.69, 9.17) is 5.11 Å². The Balaban J connectivity index is 2.11. The van der Waals surface area contributed by atoms with Crippen molar-refractivity contribution in [1.29, 1.82) is 0 Å². The lowest BCUT2D eigenvalue weighted by Crippen LogP contribution is -2.24. The van der Waals surface area contributed by atoms with E-state index < -0.39 is 21.8 Å². The van der Waals surface area contributed by atoms with Crippen molar-refractivity contribution >= 4 is 16.0 Å². The normalized spacial score (nSPS) is 11.3. The van der Waals surface area contributed by atoms with Crippen LogP contribution in [0, 0.1) is 5.82 Å². The predicted octanol–water partition coefficient (Wildman–Crippen LogP) is 1.40. The number of halogens is 1. The van der Waals surface area contributed by atoms with Gasteiger partial charge in [0.25, 0.3) is 10.0 Å². The summed E-state index contributed by atoms with van der Waals surface area (Å²) in [7, 11) is -3.86. The van der Waals surface area contributed by atoms with Crippen molar-refractivity contribution in [3.05, 3.63) is 59.5 Å². The third-order valence-electron chi connectivity index (χ3n) is 2.64. The molecule has 0 radical (unpaired) electrons. The number of nitrogens with one attached hydrogen (secondary N) is 1. The van der Waals surface area contributed by atoms with Crippen LogP contribution in [0.4, 0.5) is 4.39 Å². The second-order valence-corrected chi connectivity index (χ2v) is 5.86. The first-order valence-corrected chi connectivity index (χ1v) is 7.30. The number of hydrogen-bond acceptors (Lipinski definition) is 4. The number of pyridine rings is 1. The summed E-state index contributed by atoms with van der Waals surface area (Å²) in [6.45, 7) is -0.0228. The van der Waals surface area contributed by atoms with E-state index in [1.807, 2.05) is 0 Å². The van der Waals surface area contributed by atoms with Crippen molar-refractivity contribution in [2.24, 2.45) is 0 Å². The predicted molar refractivity (Wildman–Crippen MR) is 71.6 cm³/mol. The fraction of sp³-hybridized carbons (Fsp3) is 0.0769. The van der Waals surface area contributed by atoms with Crippen LogP contribution in [0.5, 0.6) is 0 Å². The largest absolute Gasteiger partial charge is 0.478 e. The molecule has 2 aromatic rings. The Bertz CT molecular complexity index is 743. The Kier molecular flexibility index (Phi) is 4.29. The van der Waals surface area contributed by atoms with Gasteiger partial charge in [-0.3, -0.25) is 0 Å². The lowest BCUT2D eigenvalue weighted by molar-refractivity contribution is 0.0696. The summed E-state index contributed by atoms with van der Waals surface area (Å²) in [6.07, 6.45) is 0.967. The Morgan fingerprint density at radius 2 is 1.86 bits per heavy atom. The summed E-state index contributed by atoms with van der Waals surface area (Å²) in [4.78, 5) is 14.3. The van der Waals surface area contributed by atoms with E-state index in [1.54, 1.807) is 0 Å². The number of carbonyl (C=O) groups is 1. The number of nitrogens with zero attached hydrogens (tertiary/aromatic N) is 1. The molecule has 0 aliphatic heterocycles. The van der Waals surface area contributed by atoms with Crippen molar-refractivity contribution in [3.63, 3.8) is 0 Å². The molecule has 0 saturated heterocycles. The molecule has 1 heterocycles. The number of benzene rings is 1. The number of carboxylic acid groups (broad SMARTS) is 1. The fourth-order valence-electron chi connectivity index (χ4n) is 1.52. The maximum absolute atomic E-state index is 12.7. The van der Waals surface area contributed by atoms with Gasteiger partial charge in [-0.2, -0.15) is 0 Å².